The van der Waals surface area contributed by atoms with Gasteiger partial charge >= 0.3 is 0 Å². The lowest BCUT2D eigenvalue weighted by atomic mass is 10.2. The van der Waals surface area contributed by atoms with E-state index in [0.717, 1.165) is 32.6 Å². The van der Waals surface area contributed by atoms with E-state index < -0.39 is 0 Å². The highest BCUT2D eigenvalue weighted by atomic mass is 16.2. The van der Waals surface area contributed by atoms with Crippen molar-refractivity contribution in [2.45, 2.75) is 20.3 Å². The van der Waals surface area contributed by atoms with Crippen LogP contribution in [0.25, 0.3) is 0 Å². The van der Waals surface area contributed by atoms with Crippen LogP contribution in [-0.2, 0) is 9.59 Å². The molecule has 2 amide bonds. The maximum atomic E-state index is 11.7. The van der Waals surface area contributed by atoms with E-state index in [0.29, 0.717) is 19.6 Å². The van der Waals surface area contributed by atoms with Gasteiger partial charge in [0.1, 0.15) is 0 Å². The largest absolute Gasteiger partial charge is 0.354 e. The van der Waals surface area contributed by atoms with Crippen molar-refractivity contribution in [2.75, 3.05) is 45.8 Å². The maximum Gasteiger partial charge on any atom is 0.234 e. The molecule has 0 radical (unpaired) electrons. The minimum atomic E-state index is -0.0136. The molecule has 1 aliphatic rings. The first-order valence-electron chi connectivity index (χ1n) is 7.07. The summed E-state index contributed by atoms with van der Waals surface area (Å²) in [6.07, 6.45) is 1.08. The third kappa shape index (κ3) is 7.12. The van der Waals surface area contributed by atoms with Gasteiger partial charge in [0.15, 0.2) is 0 Å². The highest BCUT2D eigenvalue weighted by Gasteiger charge is 2.12. The first-order valence-corrected chi connectivity index (χ1v) is 7.07. The molecule has 0 aromatic heterocycles. The van der Waals surface area contributed by atoms with Crippen LogP contribution in [0.3, 0.4) is 0 Å². The second-order valence-electron chi connectivity index (χ2n) is 5.18. The fourth-order valence-electron chi connectivity index (χ4n) is 1.91. The first-order chi connectivity index (χ1) is 9.09. The highest BCUT2D eigenvalue weighted by molar-refractivity contribution is 5.79. The molecule has 19 heavy (non-hydrogen) atoms. The molecule has 0 bridgehead atoms. The lowest BCUT2D eigenvalue weighted by Gasteiger charge is -2.18. The maximum absolute atomic E-state index is 11.7. The quantitative estimate of drug-likeness (QED) is 0.551. The van der Waals surface area contributed by atoms with Crippen molar-refractivity contribution in [3.63, 3.8) is 0 Å². The second kappa shape index (κ2) is 8.87. The van der Waals surface area contributed by atoms with Crippen LogP contribution < -0.4 is 16.0 Å². The highest BCUT2D eigenvalue weighted by Crippen LogP contribution is 1.94. The van der Waals surface area contributed by atoms with Crippen molar-refractivity contribution in [1.82, 2.24) is 20.9 Å². The molecule has 6 nitrogen and oxygen atoms in total. The molecule has 1 aliphatic heterocycles. The van der Waals surface area contributed by atoms with Crippen molar-refractivity contribution < 1.29 is 9.59 Å². The molecule has 6 heteroatoms. The summed E-state index contributed by atoms with van der Waals surface area (Å²) >= 11 is 0. The molecule has 1 saturated heterocycles. The first kappa shape index (κ1) is 15.9. The van der Waals surface area contributed by atoms with Crippen LogP contribution in [-0.4, -0.2) is 62.5 Å². The topological polar surface area (TPSA) is 73.5 Å². The molecule has 0 aliphatic carbocycles. The fourth-order valence-corrected chi connectivity index (χ4v) is 1.91. The molecule has 0 aromatic rings. The van der Waals surface area contributed by atoms with E-state index in [4.69, 9.17) is 0 Å². The zero-order valence-corrected chi connectivity index (χ0v) is 12.0. The van der Waals surface area contributed by atoms with Gasteiger partial charge in [0, 0.05) is 32.1 Å². The van der Waals surface area contributed by atoms with Gasteiger partial charge in [-0.2, -0.15) is 0 Å². The zero-order valence-electron chi connectivity index (χ0n) is 12.0. The molecule has 0 spiro atoms. The number of nitrogens with one attached hydrogen (secondary N) is 3. The Morgan fingerprint density at radius 2 is 1.89 bits per heavy atom. The van der Waals surface area contributed by atoms with Gasteiger partial charge in [0.25, 0.3) is 0 Å². The average Bonchev–Trinajstić information content (AvgIpc) is 2.62. The Morgan fingerprint density at radius 1 is 1.16 bits per heavy atom. The van der Waals surface area contributed by atoms with Crippen molar-refractivity contribution >= 4 is 11.8 Å². The van der Waals surface area contributed by atoms with E-state index in [-0.39, 0.29) is 17.7 Å². The number of hydrogen-bond acceptors (Lipinski definition) is 4. The minimum Gasteiger partial charge on any atom is -0.354 e. The third-order valence-corrected chi connectivity index (χ3v) is 3.07. The Labute approximate surface area is 115 Å². The average molecular weight is 270 g/mol. The van der Waals surface area contributed by atoms with Crippen LogP contribution in [0.1, 0.15) is 20.3 Å². The summed E-state index contributed by atoms with van der Waals surface area (Å²) in [4.78, 5) is 25.2. The number of rotatable bonds is 6. The Hall–Kier alpha value is -1.14. The normalized spacial score (nSPS) is 17.0. The third-order valence-electron chi connectivity index (χ3n) is 3.07. The van der Waals surface area contributed by atoms with Gasteiger partial charge in [-0.15, -0.1) is 0 Å². The summed E-state index contributed by atoms with van der Waals surface area (Å²) in [7, 11) is 0. The number of hydrogen-bond donors (Lipinski definition) is 3. The van der Waals surface area contributed by atoms with E-state index in [1.807, 2.05) is 13.8 Å². The monoisotopic (exact) mass is 270 g/mol. The molecular weight excluding hydrogens is 244 g/mol. The number of amides is 2. The molecule has 0 aromatic carbocycles. The van der Waals surface area contributed by atoms with E-state index in [1.165, 1.54) is 0 Å². The molecule has 1 rings (SSSR count). The van der Waals surface area contributed by atoms with E-state index >= 15 is 0 Å². The summed E-state index contributed by atoms with van der Waals surface area (Å²) in [5.74, 6) is 0.0360. The summed E-state index contributed by atoms with van der Waals surface area (Å²) in [5.41, 5.74) is 0. The van der Waals surface area contributed by atoms with E-state index in [9.17, 15) is 9.59 Å². The standard InChI is InChI=1S/C13H26N4O2/c1-11(2)13(19)16-6-5-15-12(18)10-17-8-3-4-14-7-9-17/h11,14H,3-10H2,1-2H3,(H,15,18)(H,16,19). The van der Waals surface area contributed by atoms with E-state index in [1.54, 1.807) is 0 Å². The molecular formula is C13H26N4O2. The van der Waals surface area contributed by atoms with Crippen LogP contribution >= 0.6 is 0 Å². The smallest absolute Gasteiger partial charge is 0.234 e. The Bertz CT molecular complexity index is 286. The zero-order chi connectivity index (χ0) is 14.1. The number of nitrogens with zero attached hydrogens (tertiary/aromatic N) is 1. The SMILES string of the molecule is CC(C)C(=O)NCCNC(=O)CN1CCCNCC1. The van der Waals surface area contributed by atoms with Crippen molar-refractivity contribution in [1.29, 1.82) is 0 Å². The lowest BCUT2D eigenvalue weighted by Crippen LogP contribution is -2.42. The van der Waals surface area contributed by atoms with Crippen LogP contribution in [0.15, 0.2) is 0 Å². The molecule has 1 fully saturated rings. The Morgan fingerprint density at radius 3 is 2.63 bits per heavy atom. The Kier molecular flexibility index (Phi) is 7.43. The molecule has 0 unspecified atom stereocenters. The number of carbonyl (C=O) groups is 2. The molecule has 0 saturated carbocycles. The summed E-state index contributed by atoms with van der Waals surface area (Å²) in [6, 6.07) is 0. The van der Waals surface area contributed by atoms with Gasteiger partial charge in [-0.25, -0.2) is 0 Å². The van der Waals surface area contributed by atoms with E-state index in [2.05, 4.69) is 20.9 Å². The fraction of sp³-hybridized carbons (Fsp3) is 0.846. The van der Waals surface area contributed by atoms with Crippen molar-refractivity contribution in [3.8, 4) is 0 Å². The van der Waals surface area contributed by atoms with Gasteiger partial charge < -0.3 is 16.0 Å². The predicted molar refractivity (Wildman–Crippen MR) is 74.8 cm³/mol. The summed E-state index contributed by atoms with van der Waals surface area (Å²) in [6.45, 7) is 8.97. The minimum absolute atomic E-state index is 0.0136. The Balaban J connectivity index is 2.08. The van der Waals surface area contributed by atoms with Gasteiger partial charge in [-0.05, 0) is 19.5 Å². The summed E-state index contributed by atoms with van der Waals surface area (Å²) < 4.78 is 0. The van der Waals surface area contributed by atoms with Gasteiger partial charge in [0.2, 0.25) is 11.8 Å². The van der Waals surface area contributed by atoms with Crippen LogP contribution in [0.5, 0.6) is 0 Å². The molecule has 110 valence electrons. The van der Waals surface area contributed by atoms with Crippen LogP contribution in [0.4, 0.5) is 0 Å². The lowest BCUT2D eigenvalue weighted by molar-refractivity contribution is -0.125. The molecule has 3 N–H and O–H groups in total. The number of carbonyl (C=O) groups excluding carboxylic acids is 2. The second-order valence-corrected chi connectivity index (χ2v) is 5.18. The van der Waals surface area contributed by atoms with Crippen molar-refractivity contribution in [3.05, 3.63) is 0 Å². The van der Waals surface area contributed by atoms with Crippen LogP contribution in [0, 0.1) is 5.92 Å². The van der Waals surface area contributed by atoms with Crippen LogP contribution in [0.2, 0.25) is 0 Å². The summed E-state index contributed by atoms with van der Waals surface area (Å²) in [5, 5.41) is 8.91. The van der Waals surface area contributed by atoms with Gasteiger partial charge in [-0.3, -0.25) is 14.5 Å². The molecule has 0 atom stereocenters. The van der Waals surface area contributed by atoms with Gasteiger partial charge in [-0.1, -0.05) is 13.8 Å². The predicted octanol–water partition coefficient (Wildman–Crippen LogP) is -0.830. The van der Waals surface area contributed by atoms with Gasteiger partial charge in [0.05, 0.1) is 6.54 Å². The van der Waals surface area contributed by atoms with Crippen molar-refractivity contribution in [2.24, 2.45) is 5.92 Å². The molecule has 1 heterocycles.